The quantitative estimate of drug-likeness (QED) is 0.499. The topological polar surface area (TPSA) is 0 Å². The molecule has 1 heteroatoms. The molecule has 0 amide bonds. The lowest BCUT2D eigenvalue weighted by Gasteiger charge is -2.28. The van der Waals surface area contributed by atoms with Crippen molar-refractivity contribution < 1.29 is 0 Å². The highest BCUT2D eigenvalue weighted by atomic mass is 127. The molecule has 2 atom stereocenters. The van der Waals surface area contributed by atoms with Crippen molar-refractivity contribution in [3.8, 4) is 0 Å². The SMILES string of the molecule is IC1CCC[C@H](C2=CC=CCC2)C1. The molecule has 1 unspecified atom stereocenters. The van der Waals surface area contributed by atoms with Crippen molar-refractivity contribution in [3.63, 3.8) is 0 Å². The maximum atomic E-state index is 2.62. The van der Waals surface area contributed by atoms with Gasteiger partial charge in [0.05, 0.1) is 0 Å². The van der Waals surface area contributed by atoms with E-state index in [1.165, 1.54) is 38.5 Å². The molecular weight excluding hydrogens is 271 g/mol. The van der Waals surface area contributed by atoms with Crippen molar-refractivity contribution in [1.82, 2.24) is 0 Å². The Kier molecular flexibility index (Phi) is 3.47. The summed E-state index contributed by atoms with van der Waals surface area (Å²) in [7, 11) is 0. The lowest BCUT2D eigenvalue weighted by atomic mass is 9.81. The smallest absolute Gasteiger partial charge is 0.0115 e. The molecule has 0 aliphatic heterocycles. The number of hydrogen-bond donors (Lipinski definition) is 0. The molecule has 2 rings (SSSR count). The molecule has 0 aromatic rings. The number of allylic oxidation sites excluding steroid dienone is 4. The summed E-state index contributed by atoms with van der Waals surface area (Å²) in [6.45, 7) is 0. The zero-order valence-electron chi connectivity index (χ0n) is 8.01. The van der Waals surface area contributed by atoms with Crippen LogP contribution in [-0.2, 0) is 0 Å². The van der Waals surface area contributed by atoms with E-state index in [9.17, 15) is 0 Å². The maximum Gasteiger partial charge on any atom is 0.0115 e. The number of alkyl halides is 1. The first-order valence-corrected chi connectivity index (χ1v) is 6.60. The van der Waals surface area contributed by atoms with Gasteiger partial charge >= 0.3 is 0 Å². The van der Waals surface area contributed by atoms with Crippen molar-refractivity contribution in [3.05, 3.63) is 23.8 Å². The highest BCUT2D eigenvalue weighted by Gasteiger charge is 2.22. The van der Waals surface area contributed by atoms with Crippen LogP contribution in [0.15, 0.2) is 23.8 Å². The van der Waals surface area contributed by atoms with E-state index < -0.39 is 0 Å². The molecule has 0 spiro atoms. The first-order valence-electron chi connectivity index (χ1n) is 5.36. The van der Waals surface area contributed by atoms with Gasteiger partial charge in [-0.05, 0) is 38.0 Å². The molecule has 0 saturated heterocycles. The molecule has 0 aromatic heterocycles. The van der Waals surface area contributed by atoms with Gasteiger partial charge in [-0.15, -0.1) is 0 Å². The third kappa shape index (κ3) is 2.58. The Bertz CT molecular complexity index is 227. The van der Waals surface area contributed by atoms with Crippen LogP contribution in [0.25, 0.3) is 0 Å². The first-order chi connectivity index (χ1) is 6.36. The lowest BCUT2D eigenvalue weighted by Crippen LogP contribution is -2.17. The summed E-state index contributed by atoms with van der Waals surface area (Å²) in [6, 6.07) is 0. The highest BCUT2D eigenvalue weighted by molar-refractivity contribution is 14.1. The summed E-state index contributed by atoms with van der Waals surface area (Å²) >= 11 is 2.62. The number of rotatable bonds is 1. The number of halogens is 1. The summed E-state index contributed by atoms with van der Waals surface area (Å²) in [4.78, 5) is 0. The Hall–Kier alpha value is 0.210. The van der Waals surface area contributed by atoms with Crippen LogP contribution in [0.1, 0.15) is 38.5 Å². The molecule has 0 bridgehead atoms. The molecular formula is C12H17I. The van der Waals surface area contributed by atoms with Gasteiger partial charge < -0.3 is 0 Å². The zero-order valence-corrected chi connectivity index (χ0v) is 10.2. The fourth-order valence-electron chi connectivity index (χ4n) is 2.43. The van der Waals surface area contributed by atoms with E-state index in [4.69, 9.17) is 0 Å². The molecule has 72 valence electrons. The fraction of sp³-hybridized carbons (Fsp3) is 0.667. The van der Waals surface area contributed by atoms with Crippen molar-refractivity contribution in [2.45, 2.75) is 42.4 Å². The molecule has 0 radical (unpaired) electrons. The van der Waals surface area contributed by atoms with Crippen molar-refractivity contribution in [2.24, 2.45) is 5.92 Å². The number of hydrogen-bond acceptors (Lipinski definition) is 0. The van der Waals surface area contributed by atoms with Crippen LogP contribution in [-0.4, -0.2) is 3.92 Å². The van der Waals surface area contributed by atoms with Crippen LogP contribution < -0.4 is 0 Å². The van der Waals surface area contributed by atoms with E-state index in [1.807, 2.05) is 0 Å². The second-order valence-electron chi connectivity index (χ2n) is 4.17. The second kappa shape index (κ2) is 4.63. The monoisotopic (exact) mass is 288 g/mol. The Morgan fingerprint density at radius 2 is 2.23 bits per heavy atom. The molecule has 13 heavy (non-hydrogen) atoms. The highest BCUT2D eigenvalue weighted by Crippen LogP contribution is 2.36. The minimum Gasteiger partial charge on any atom is -0.0842 e. The van der Waals surface area contributed by atoms with Crippen LogP contribution >= 0.6 is 22.6 Å². The maximum absolute atomic E-state index is 2.62. The molecule has 0 heterocycles. The Balaban J connectivity index is 1.98. The minimum absolute atomic E-state index is 0.917. The molecule has 1 saturated carbocycles. The molecule has 0 N–H and O–H groups in total. The van der Waals surface area contributed by atoms with Gasteiger partial charge in [-0.25, -0.2) is 0 Å². The summed E-state index contributed by atoms with van der Waals surface area (Å²) in [5, 5.41) is 0. The predicted molar refractivity (Wildman–Crippen MR) is 66.2 cm³/mol. The summed E-state index contributed by atoms with van der Waals surface area (Å²) in [5.74, 6) is 0.917. The second-order valence-corrected chi connectivity index (χ2v) is 5.93. The average molecular weight is 288 g/mol. The van der Waals surface area contributed by atoms with Crippen LogP contribution in [0.3, 0.4) is 0 Å². The van der Waals surface area contributed by atoms with Gasteiger partial charge in [0, 0.05) is 3.92 Å². The van der Waals surface area contributed by atoms with Gasteiger partial charge in [0.2, 0.25) is 0 Å². The molecule has 2 aliphatic rings. The van der Waals surface area contributed by atoms with Crippen LogP contribution in [0, 0.1) is 5.92 Å². The van der Waals surface area contributed by atoms with Crippen molar-refractivity contribution >= 4 is 22.6 Å². The van der Waals surface area contributed by atoms with Gasteiger partial charge in [0.15, 0.2) is 0 Å². The average Bonchev–Trinajstić information content (AvgIpc) is 2.19. The Morgan fingerprint density at radius 3 is 2.92 bits per heavy atom. The molecule has 0 nitrogen and oxygen atoms in total. The minimum atomic E-state index is 0.917. The van der Waals surface area contributed by atoms with E-state index >= 15 is 0 Å². The van der Waals surface area contributed by atoms with Gasteiger partial charge in [0.25, 0.3) is 0 Å². The van der Waals surface area contributed by atoms with E-state index in [0.29, 0.717) is 0 Å². The van der Waals surface area contributed by atoms with Gasteiger partial charge in [0.1, 0.15) is 0 Å². The van der Waals surface area contributed by atoms with Gasteiger partial charge in [-0.3, -0.25) is 0 Å². The Morgan fingerprint density at radius 1 is 1.31 bits per heavy atom. The summed E-state index contributed by atoms with van der Waals surface area (Å²) < 4.78 is 0.933. The molecule has 2 aliphatic carbocycles. The third-order valence-corrected chi connectivity index (χ3v) is 4.31. The van der Waals surface area contributed by atoms with Crippen LogP contribution in [0.2, 0.25) is 0 Å². The van der Waals surface area contributed by atoms with E-state index in [0.717, 1.165) is 9.84 Å². The largest absolute Gasteiger partial charge is 0.0842 e. The summed E-state index contributed by atoms with van der Waals surface area (Å²) in [6.07, 6.45) is 15.3. The van der Waals surface area contributed by atoms with E-state index in [2.05, 4.69) is 40.8 Å². The summed E-state index contributed by atoms with van der Waals surface area (Å²) in [5.41, 5.74) is 1.73. The zero-order chi connectivity index (χ0) is 9.10. The fourth-order valence-corrected chi connectivity index (χ4v) is 3.48. The standard InChI is InChI=1S/C12H17I/c13-12-8-4-7-11(9-12)10-5-2-1-3-6-10/h1-2,5,11-12H,3-4,6-9H2/t11-,12?/m0/s1. The van der Waals surface area contributed by atoms with Crippen LogP contribution in [0.4, 0.5) is 0 Å². The van der Waals surface area contributed by atoms with Crippen molar-refractivity contribution in [1.29, 1.82) is 0 Å². The lowest BCUT2D eigenvalue weighted by molar-refractivity contribution is 0.411. The van der Waals surface area contributed by atoms with E-state index in [-0.39, 0.29) is 0 Å². The molecule has 0 aromatic carbocycles. The first kappa shape index (κ1) is 9.75. The van der Waals surface area contributed by atoms with Crippen LogP contribution in [0.5, 0.6) is 0 Å². The van der Waals surface area contributed by atoms with Gasteiger partial charge in [-0.1, -0.05) is 52.8 Å². The third-order valence-electron chi connectivity index (χ3n) is 3.18. The molecule has 1 fully saturated rings. The van der Waals surface area contributed by atoms with Gasteiger partial charge in [-0.2, -0.15) is 0 Å². The van der Waals surface area contributed by atoms with Crippen molar-refractivity contribution in [2.75, 3.05) is 0 Å². The van der Waals surface area contributed by atoms with E-state index in [1.54, 1.807) is 5.57 Å². The predicted octanol–water partition coefficient (Wildman–Crippen LogP) is 4.26. The Labute approximate surface area is 94.6 Å². The normalized spacial score (nSPS) is 34.4.